The lowest BCUT2D eigenvalue weighted by Crippen LogP contribution is -2.37. The monoisotopic (exact) mass is 423 g/mol. The van der Waals surface area contributed by atoms with Crippen molar-refractivity contribution < 1.29 is 23.4 Å². The Morgan fingerprint density at radius 1 is 1.10 bits per heavy atom. The predicted molar refractivity (Wildman–Crippen MR) is 116 cm³/mol. The second kappa shape index (κ2) is 8.24. The Balaban J connectivity index is 1.51. The molecule has 2 aliphatic rings. The molecule has 0 radical (unpaired) electrons. The number of methoxy groups -OCH3 is 2. The summed E-state index contributed by atoms with van der Waals surface area (Å²) in [7, 11) is 3.15. The third-order valence-electron chi connectivity index (χ3n) is 5.93. The van der Waals surface area contributed by atoms with Gasteiger partial charge in [0.25, 0.3) is 0 Å². The summed E-state index contributed by atoms with van der Waals surface area (Å²) in [6.45, 7) is 2.80. The maximum atomic E-state index is 12.9. The summed E-state index contributed by atoms with van der Waals surface area (Å²) in [5.74, 6) is 1.93. The van der Waals surface area contributed by atoms with Gasteiger partial charge >= 0.3 is 5.63 Å². The lowest BCUT2D eigenvalue weighted by Gasteiger charge is -2.30. The third kappa shape index (κ3) is 3.75. The second-order valence-electron chi connectivity index (χ2n) is 7.90. The molecule has 1 fully saturated rings. The highest BCUT2D eigenvalue weighted by Crippen LogP contribution is 2.35. The van der Waals surface area contributed by atoms with Gasteiger partial charge in [-0.2, -0.15) is 0 Å². The Morgan fingerprint density at radius 3 is 2.74 bits per heavy atom. The van der Waals surface area contributed by atoms with Crippen LogP contribution in [0.25, 0.3) is 22.1 Å². The first-order chi connectivity index (χ1) is 15.2. The molecular weight excluding hydrogens is 398 g/mol. The number of ether oxygens (including phenoxy) is 4. The molecule has 1 aromatic heterocycles. The Morgan fingerprint density at radius 2 is 1.97 bits per heavy atom. The van der Waals surface area contributed by atoms with Crippen molar-refractivity contribution in [3.05, 3.63) is 52.4 Å². The molecule has 7 nitrogen and oxygen atoms in total. The predicted octanol–water partition coefficient (Wildman–Crippen LogP) is 3.81. The van der Waals surface area contributed by atoms with Crippen molar-refractivity contribution >= 4 is 11.0 Å². The Hall–Kier alpha value is -3.03. The number of fused-ring (bicyclic) bond motifs is 3. The second-order valence-corrected chi connectivity index (χ2v) is 7.90. The van der Waals surface area contributed by atoms with Crippen molar-refractivity contribution in [2.24, 2.45) is 0 Å². The molecule has 3 heterocycles. The van der Waals surface area contributed by atoms with Gasteiger partial charge < -0.3 is 23.4 Å². The molecular formula is C24H25NO6. The van der Waals surface area contributed by atoms with Crippen LogP contribution in [0.15, 0.2) is 45.6 Å². The largest absolute Gasteiger partial charge is 0.493 e. The van der Waals surface area contributed by atoms with E-state index in [-0.39, 0.29) is 6.10 Å². The summed E-state index contributed by atoms with van der Waals surface area (Å²) in [6, 6.07) is 11.1. The zero-order valence-corrected chi connectivity index (χ0v) is 17.7. The molecule has 0 bridgehead atoms. The number of hydrogen-bond donors (Lipinski definition) is 0. The van der Waals surface area contributed by atoms with Crippen LogP contribution in [0.3, 0.4) is 0 Å². The molecule has 0 spiro atoms. The van der Waals surface area contributed by atoms with E-state index in [1.807, 2.05) is 24.3 Å². The molecule has 2 aliphatic heterocycles. The van der Waals surface area contributed by atoms with Crippen LogP contribution in [0, 0.1) is 0 Å². The minimum Gasteiger partial charge on any atom is -0.493 e. The van der Waals surface area contributed by atoms with Gasteiger partial charge in [-0.1, -0.05) is 6.07 Å². The summed E-state index contributed by atoms with van der Waals surface area (Å²) >= 11 is 0. The van der Waals surface area contributed by atoms with Crippen LogP contribution in [0.4, 0.5) is 0 Å². The van der Waals surface area contributed by atoms with Gasteiger partial charge in [0.1, 0.15) is 18.1 Å². The molecule has 3 aromatic rings. The van der Waals surface area contributed by atoms with E-state index in [2.05, 4.69) is 4.90 Å². The average Bonchev–Trinajstić information content (AvgIpc) is 3.31. The maximum absolute atomic E-state index is 12.9. The van der Waals surface area contributed by atoms with E-state index >= 15 is 0 Å². The maximum Gasteiger partial charge on any atom is 0.344 e. The fourth-order valence-corrected chi connectivity index (χ4v) is 4.34. The van der Waals surface area contributed by atoms with Gasteiger partial charge in [0.05, 0.1) is 31.5 Å². The first-order valence-corrected chi connectivity index (χ1v) is 10.4. The average molecular weight is 423 g/mol. The molecule has 162 valence electrons. The van der Waals surface area contributed by atoms with Crippen molar-refractivity contribution in [2.45, 2.75) is 25.5 Å². The molecule has 0 amide bonds. The normalized spacial score (nSPS) is 18.6. The zero-order valence-electron chi connectivity index (χ0n) is 17.7. The summed E-state index contributed by atoms with van der Waals surface area (Å²) in [6.07, 6.45) is 2.42. The van der Waals surface area contributed by atoms with E-state index < -0.39 is 5.63 Å². The zero-order chi connectivity index (χ0) is 21.4. The summed E-state index contributed by atoms with van der Waals surface area (Å²) in [5.41, 5.74) is 2.26. The first-order valence-electron chi connectivity index (χ1n) is 10.4. The Bertz CT molecular complexity index is 1160. The summed E-state index contributed by atoms with van der Waals surface area (Å²) in [4.78, 5) is 15.1. The van der Waals surface area contributed by atoms with Crippen molar-refractivity contribution in [1.29, 1.82) is 0 Å². The minimum absolute atomic E-state index is 0.240. The number of hydrogen-bond acceptors (Lipinski definition) is 7. The molecule has 5 rings (SSSR count). The molecule has 31 heavy (non-hydrogen) atoms. The summed E-state index contributed by atoms with van der Waals surface area (Å²) < 4.78 is 28.2. The lowest BCUT2D eigenvalue weighted by atomic mass is 10.0. The number of nitrogens with zero attached hydrogens (tertiary/aromatic N) is 1. The fourth-order valence-electron chi connectivity index (χ4n) is 4.34. The topological polar surface area (TPSA) is 70.4 Å². The first kappa shape index (κ1) is 19.9. The van der Waals surface area contributed by atoms with Gasteiger partial charge in [0.2, 0.25) is 0 Å². The van der Waals surface area contributed by atoms with E-state index in [0.29, 0.717) is 41.5 Å². The third-order valence-corrected chi connectivity index (χ3v) is 5.93. The van der Waals surface area contributed by atoms with E-state index in [0.717, 1.165) is 42.7 Å². The van der Waals surface area contributed by atoms with Crippen molar-refractivity contribution in [2.75, 3.05) is 34.1 Å². The molecule has 1 atom stereocenters. The van der Waals surface area contributed by atoms with Gasteiger partial charge in [-0.05, 0) is 48.7 Å². The smallest absolute Gasteiger partial charge is 0.344 e. The number of rotatable bonds is 5. The molecule has 7 heteroatoms. The van der Waals surface area contributed by atoms with E-state index in [1.54, 1.807) is 26.4 Å². The van der Waals surface area contributed by atoms with E-state index in [1.165, 1.54) is 0 Å². The van der Waals surface area contributed by atoms with Crippen LogP contribution in [-0.4, -0.2) is 45.1 Å². The van der Waals surface area contributed by atoms with Crippen LogP contribution < -0.4 is 19.8 Å². The van der Waals surface area contributed by atoms with Crippen molar-refractivity contribution in [3.8, 4) is 28.4 Å². The van der Waals surface area contributed by atoms with Gasteiger partial charge in [-0.15, -0.1) is 0 Å². The van der Waals surface area contributed by atoms with Crippen LogP contribution in [0.5, 0.6) is 17.2 Å². The molecule has 0 aliphatic carbocycles. The lowest BCUT2D eigenvalue weighted by molar-refractivity contribution is 0.0281. The molecule has 0 N–H and O–H groups in total. The SMILES string of the molecule is COc1ccc(-c2cc3ccc4c(c3oc2=O)CN(C[C@@H]2CCCO2)CO4)cc1OC. The number of benzene rings is 2. The molecule has 0 unspecified atom stereocenters. The molecule has 0 saturated carbocycles. The highest BCUT2D eigenvalue weighted by molar-refractivity contribution is 5.86. The highest BCUT2D eigenvalue weighted by Gasteiger charge is 2.26. The van der Waals surface area contributed by atoms with Crippen molar-refractivity contribution in [3.63, 3.8) is 0 Å². The van der Waals surface area contributed by atoms with Gasteiger partial charge in [-0.3, -0.25) is 4.90 Å². The summed E-state index contributed by atoms with van der Waals surface area (Å²) in [5, 5.41) is 0.853. The fraction of sp³-hybridized carbons (Fsp3) is 0.375. The Kier molecular flexibility index (Phi) is 5.29. The quantitative estimate of drug-likeness (QED) is 0.578. The van der Waals surface area contributed by atoms with Crippen LogP contribution in [-0.2, 0) is 11.3 Å². The van der Waals surface area contributed by atoms with E-state index in [4.69, 9.17) is 23.4 Å². The van der Waals surface area contributed by atoms with Gasteiger partial charge in [0, 0.05) is 25.1 Å². The van der Waals surface area contributed by atoms with E-state index in [9.17, 15) is 4.79 Å². The minimum atomic E-state index is -0.399. The Labute approximate surface area is 180 Å². The standard InChI is InChI=1S/C24H25NO6/c1-27-21-8-5-15(11-22(21)28-2)18-10-16-6-7-20-19(23(16)31-24(18)26)13-25(14-30-20)12-17-4-3-9-29-17/h5-8,10-11,17H,3-4,9,12-14H2,1-2H3/t17-/m0/s1. The highest BCUT2D eigenvalue weighted by atomic mass is 16.5. The van der Waals surface area contributed by atoms with Gasteiger partial charge in [-0.25, -0.2) is 4.79 Å². The van der Waals surface area contributed by atoms with Gasteiger partial charge in [0.15, 0.2) is 11.5 Å². The van der Waals surface area contributed by atoms with Crippen molar-refractivity contribution in [1.82, 2.24) is 4.90 Å². The molecule has 1 saturated heterocycles. The molecule has 2 aromatic carbocycles. The van der Waals surface area contributed by atoms with Crippen LogP contribution in [0.2, 0.25) is 0 Å². The van der Waals surface area contributed by atoms with Crippen LogP contribution >= 0.6 is 0 Å². The van der Waals surface area contributed by atoms with Crippen LogP contribution in [0.1, 0.15) is 18.4 Å².